The van der Waals surface area contributed by atoms with Gasteiger partial charge in [-0.1, -0.05) is 37.6 Å². The number of aromatic nitrogens is 2. The standard InChI is InChI=1S/C28H33ClFN3O5.Na/c1-17(2)26-25(28(38)31-12-10-18-4-3-5-20(29)14-18)32-27(19-6-8-21(30)9-7-19)33(26)13-11-22(34)15-23(35)16-24(36)37;/h3-9,14,17,22-23,34-35H,10-13,15-16H2,1-2H3,(H,31,38)(H,36,37);/q;+1/p-1/t22-,23-;/m1./s1. The molecule has 1 heterocycles. The molecular weight excluding hydrogens is 536 g/mol. The van der Waals surface area contributed by atoms with Crippen molar-refractivity contribution in [1.29, 1.82) is 0 Å². The molecule has 0 aliphatic rings. The van der Waals surface area contributed by atoms with Crippen molar-refractivity contribution in [3.05, 3.63) is 76.3 Å². The Labute approximate surface area is 254 Å². The van der Waals surface area contributed by atoms with E-state index in [2.05, 4.69) is 10.3 Å². The first kappa shape index (κ1) is 32.9. The second-order valence-electron chi connectivity index (χ2n) is 9.53. The molecule has 0 saturated heterocycles. The van der Waals surface area contributed by atoms with E-state index in [1.165, 1.54) is 12.1 Å². The van der Waals surface area contributed by atoms with Gasteiger partial charge in [-0.2, -0.15) is 0 Å². The molecule has 2 aromatic carbocycles. The topological polar surface area (TPSA) is 128 Å². The molecule has 2 atom stereocenters. The number of imidazole rings is 1. The van der Waals surface area contributed by atoms with Crippen molar-refractivity contribution < 1.29 is 58.9 Å². The van der Waals surface area contributed by atoms with E-state index in [0.717, 1.165) is 5.56 Å². The zero-order valence-electron chi connectivity index (χ0n) is 22.4. The average molecular weight is 568 g/mol. The maximum absolute atomic E-state index is 13.6. The fourth-order valence-electron chi connectivity index (χ4n) is 4.35. The van der Waals surface area contributed by atoms with Gasteiger partial charge in [-0.3, -0.25) is 4.79 Å². The number of carbonyl (C=O) groups excluding carboxylic acids is 2. The molecule has 3 rings (SSSR count). The number of hydrogen-bond donors (Lipinski definition) is 3. The molecule has 11 heteroatoms. The number of aliphatic hydroxyl groups is 2. The minimum atomic E-state index is -1.40. The number of aliphatic hydroxyl groups excluding tert-OH is 2. The number of benzene rings is 2. The van der Waals surface area contributed by atoms with Gasteiger partial charge in [0, 0.05) is 36.1 Å². The van der Waals surface area contributed by atoms with Crippen molar-refractivity contribution >= 4 is 23.5 Å². The van der Waals surface area contributed by atoms with Crippen LogP contribution in [0, 0.1) is 5.82 Å². The van der Waals surface area contributed by atoms with Gasteiger partial charge in [-0.15, -0.1) is 0 Å². The summed E-state index contributed by atoms with van der Waals surface area (Å²) in [4.78, 5) is 28.6. The number of nitrogens with zero attached hydrogens (tertiary/aromatic N) is 2. The zero-order chi connectivity index (χ0) is 27.8. The summed E-state index contributed by atoms with van der Waals surface area (Å²) >= 11 is 6.04. The molecule has 0 aliphatic heterocycles. The van der Waals surface area contributed by atoms with Crippen molar-refractivity contribution in [2.75, 3.05) is 6.54 Å². The first-order valence-corrected chi connectivity index (χ1v) is 12.9. The normalized spacial score (nSPS) is 12.6. The molecule has 3 N–H and O–H groups in total. The van der Waals surface area contributed by atoms with Crippen LogP contribution in [0.2, 0.25) is 5.02 Å². The number of nitrogens with one attached hydrogen (secondary N) is 1. The largest absolute Gasteiger partial charge is 1.00 e. The van der Waals surface area contributed by atoms with Crippen LogP contribution in [0.3, 0.4) is 0 Å². The molecule has 0 spiro atoms. The van der Waals surface area contributed by atoms with Gasteiger partial charge in [0.2, 0.25) is 0 Å². The van der Waals surface area contributed by atoms with E-state index >= 15 is 0 Å². The summed E-state index contributed by atoms with van der Waals surface area (Å²) in [5.41, 5.74) is 2.45. The molecule has 0 bridgehead atoms. The van der Waals surface area contributed by atoms with Gasteiger partial charge in [0.15, 0.2) is 0 Å². The molecule has 0 fully saturated rings. The second kappa shape index (κ2) is 15.5. The van der Waals surface area contributed by atoms with Gasteiger partial charge < -0.3 is 30.0 Å². The number of carboxylic acid groups (broad SMARTS) is 1. The minimum Gasteiger partial charge on any atom is -0.550 e. The second-order valence-corrected chi connectivity index (χ2v) is 9.96. The Bertz CT molecular complexity index is 1250. The summed E-state index contributed by atoms with van der Waals surface area (Å²) in [7, 11) is 0. The van der Waals surface area contributed by atoms with Crippen molar-refractivity contribution in [3.8, 4) is 11.4 Å². The Morgan fingerprint density at radius 1 is 1.13 bits per heavy atom. The Morgan fingerprint density at radius 2 is 1.82 bits per heavy atom. The fourth-order valence-corrected chi connectivity index (χ4v) is 4.56. The van der Waals surface area contributed by atoms with Crippen molar-refractivity contribution in [3.63, 3.8) is 0 Å². The molecule has 39 heavy (non-hydrogen) atoms. The van der Waals surface area contributed by atoms with Gasteiger partial charge in [0.25, 0.3) is 5.91 Å². The van der Waals surface area contributed by atoms with Crippen LogP contribution < -0.4 is 40.0 Å². The van der Waals surface area contributed by atoms with Crippen LogP contribution in [0.15, 0.2) is 48.5 Å². The summed E-state index contributed by atoms with van der Waals surface area (Å²) in [5, 5.41) is 34.5. The summed E-state index contributed by atoms with van der Waals surface area (Å²) in [6, 6.07) is 13.1. The molecule has 0 saturated carbocycles. The van der Waals surface area contributed by atoms with E-state index in [0.29, 0.717) is 35.1 Å². The smallest absolute Gasteiger partial charge is 0.550 e. The van der Waals surface area contributed by atoms with Gasteiger partial charge in [0.1, 0.15) is 17.3 Å². The van der Waals surface area contributed by atoms with Crippen LogP contribution in [0.5, 0.6) is 0 Å². The molecule has 3 aromatic rings. The molecule has 0 aliphatic carbocycles. The predicted octanol–water partition coefficient (Wildman–Crippen LogP) is 0.0845. The summed E-state index contributed by atoms with van der Waals surface area (Å²) in [6.07, 6.45) is -2.19. The minimum absolute atomic E-state index is 0. The van der Waals surface area contributed by atoms with E-state index < -0.39 is 30.4 Å². The monoisotopic (exact) mass is 567 g/mol. The number of carboxylic acids is 1. The van der Waals surface area contributed by atoms with E-state index in [1.807, 2.05) is 36.6 Å². The molecule has 1 aromatic heterocycles. The van der Waals surface area contributed by atoms with Crippen molar-refractivity contribution in [2.24, 2.45) is 0 Å². The van der Waals surface area contributed by atoms with Gasteiger partial charge >= 0.3 is 29.6 Å². The maximum Gasteiger partial charge on any atom is 1.00 e. The summed E-state index contributed by atoms with van der Waals surface area (Å²) in [5.74, 6) is -1.84. The van der Waals surface area contributed by atoms with Crippen LogP contribution in [0.1, 0.15) is 60.8 Å². The number of aliphatic carboxylic acids is 1. The third kappa shape index (κ3) is 9.70. The summed E-state index contributed by atoms with van der Waals surface area (Å²) < 4.78 is 15.4. The number of hydrogen-bond acceptors (Lipinski definition) is 6. The fraction of sp³-hybridized carbons (Fsp3) is 0.393. The first-order valence-electron chi connectivity index (χ1n) is 12.5. The van der Waals surface area contributed by atoms with Crippen molar-refractivity contribution in [2.45, 2.75) is 64.2 Å². The molecule has 204 valence electrons. The van der Waals surface area contributed by atoms with Crippen LogP contribution in [0.25, 0.3) is 11.4 Å². The quantitative estimate of drug-likeness (QED) is 0.251. The number of halogens is 2. The third-order valence-electron chi connectivity index (χ3n) is 6.09. The van der Waals surface area contributed by atoms with Crippen LogP contribution in [-0.4, -0.2) is 50.4 Å². The summed E-state index contributed by atoms with van der Waals surface area (Å²) in [6.45, 7) is 4.45. The van der Waals surface area contributed by atoms with E-state index in [9.17, 15) is 29.3 Å². The maximum atomic E-state index is 13.6. The number of carbonyl (C=O) groups is 2. The van der Waals surface area contributed by atoms with Gasteiger partial charge in [-0.05, 0) is 67.1 Å². The molecular formula is C28H32ClFN3NaO5. The molecule has 1 amide bonds. The third-order valence-corrected chi connectivity index (χ3v) is 6.33. The number of amides is 1. The zero-order valence-corrected chi connectivity index (χ0v) is 25.1. The first-order chi connectivity index (χ1) is 18.0. The average Bonchev–Trinajstić information content (AvgIpc) is 3.22. The van der Waals surface area contributed by atoms with E-state index in [-0.39, 0.29) is 66.5 Å². The van der Waals surface area contributed by atoms with Gasteiger partial charge in [0.05, 0.1) is 17.9 Å². The molecule has 0 unspecified atom stereocenters. The van der Waals surface area contributed by atoms with Crippen molar-refractivity contribution in [1.82, 2.24) is 14.9 Å². The van der Waals surface area contributed by atoms with Gasteiger partial charge in [-0.25, -0.2) is 9.37 Å². The molecule has 0 radical (unpaired) electrons. The van der Waals surface area contributed by atoms with E-state index in [4.69, 9.17) is 11.6 Å². The van der Waals surface area contributed by atoms with Crippen LogP contribution >= 0.6 is 11.6 Å². The Kier molecular flexibility index (Phi) is 13.1. The Balaban J connectivity index is 0.00000533. The molecule has 8 nitrogen and oxygen atoms in total. The Hall–Kier alpha value is -2.27. The SMILES string of the molecule is CC(C)c1c(C(=O)NCCc2cccc(Cl)c2)nc(-c2ccc(F)cc2)n1CC[C@@H](O)C[C@@H](O)CC(=O)[O-].[Na+]. The van der Waals surface area contributed by atoms with Crippen LogP contribution in [-0.2, 0) is 17.8 Å². The Morgan fingerprint density at radius 3 is 2.44 bits per heavy atom. The number of rotatable bonds is 13. The van der Waals surface area contributed by atoms with Crippen LogP contribution in [0.4, 0.5) is 4.39 Å². The predicted molar refractivity (Wildman–Crippen MR) is 140 cm³/mol. The van der Waals surface area contributed by atoms with E-state index in [1.54, 1.807) is 18.2 Å².